The van der Waals surface area contributed by atoms with Crippen molar-refractivity contribution in [2.75, 3.05) is 19.6 Å². The van der Waals surface area contributed by atoms with E-state index in [1.165, 1.54) is 108 Å². The molecule has 2 saturated carbocycles. The number of hydroxylamine groups is 1. The minimum Gasteiger partial charge on any atom is -0.341 e. The van der Waals surface area contributed by atoms with Gasteiger partial charge >= 0.3 is 0 Å². The van der Waals surface area contributed by atoms with E-state index in [1.54, 1.807) is 0 Å². The summed E-state index contributed by atoms with van der Waals surface area (Å²) in [5.74, 6) is 1.64. The highest BCUT2D eigenvalue weighted by atomic mass is 35.5. The Morgan fingerprint density at radius 1 is 0.767 bits per heavy atom. The molecule has 240 valence electrons. The molecule has 1 aromatic rings. The number of likely N-dealkylation sites (tertiary alicyclic amines) is 2. The van der Waals surface area contributed by atoms with Gasteiger partial charge in [-0.15, -0.1) is 11.6 Å². The quantitative estimate of drug-likeness (QED) is 0.332. The van der Waals surface area contributed by atoms with Gasteiger partial charge in [0.2, 0.25) is 5.91 Å². The van der Waals surface area contributed by atoms with Crippen LogP contribution in [0.2, 0.25) is 0 Å². The van der Waals surface area contributed by atoms with E-state index in [0.717, 1.165) is 38.9 Å². The second-order valence-electron chi connectivity index (χ2n) is 14.8. The van der Waals surface area contributed by atoms with Crippen molar-refractivity contribution in [1.29, 1.82) is 0 Å². The topological polar surface area (TPSA) is 44.8 Å². The first-order valence-corrected chi connectivity index (χ1v) is 18.7. The SMILES string of the molecule is O=C(C1NOC(C2CCC(Cl)CN2C2CCCCCCCC2)C1C1CCCCCCCC1)N1CC(Cc2ccccc2)C1. The van der Waals surface area contributed by atoms with Gasteiger partial charge in [-0.3, -0.25) is 14.5 Å². The molecule has 5 fully saturated rings. The fourth-order valence-electron chi connectivity index (χ4n) is 9.35. The third kappa shape index (κ3) is 8.18. The summed E-state index contributed by atoms with van der Waals surface area (Å²) in [5.41, 5.74) is 4.81. The number of amides is 1. The number of piperidine rings is 1. The molecule has 1 aromatic carbocycles. The summed E-state index contributed by atoms with van der Waals surface area (Å²) in [6.45, 7) is 2.72. The Bertz CT molecular complexity index is 967. The molecular weight excluding hydrogens is 554 g/mol. The average molecular weight is 612 g/mol. The lowest BCUT2D eigenvalue weighted by Gasteiger charge is -2.47. The van der Waals surface area contributed by atoms with Crippen molar-refractivity contribution < 1.29 is 9.63 Å². The molecular formula is C37H58ClN3O2. The van der Waals surface area contributed by atoms with Gasteiger partial charge in [-0.25, -0.2) is 0 Å². The summed E-state index contributed by atoms with van der Waals surface area (Å²) in [6, 6.07) is 11.5. The fourth-order valence-corrected chi connectivity index (χ4v) is 9.64. The lowest BCUT2D eigenvalue weighted by molar-refractivity contribution is -0.142. The molecule has 5 aliphatic rings. The zero-order valence-electron chi connectivity index (χ0n) is 26.7. The zero-order chi connectivity index (χ0) is 29.4. The highest BCUT2D eigenvalue weighted by Gasteiger charge is 2.53. The van der Waals surface area contributed by atoms with Crippen LogP contribution in [0.1, 0.15) is 121 Å². The molecule has 43 heavy (non-hydrogen) atoms. The first-order chi connectivity index (χ1) is 21.2. The number of alkyl halides is 1. The van der Waals surface area contributed by atoms with Crippen molar-refractivity contribution in [3.63, 3.8) is 0 Å². The fraction of sp³-hybridized carbons (Fsp3) is 0.811. The first-order valence-electron chi connectivity index (χ1n) is 18.3. The molecule has 3 aliphatic heterocycles. The summed E-state index contributed by atoms with van der Waals surface area (Å²) < 4.78 is 0. The number of carbonyl (C=O) groups excluding carboxylic acids is 1. The van der Waals surface area contributed by atoms with E-state index < -0.39 is 0 Å². The third-order valence-electron chi connectivity index (χ3n) is 11.7. The lowest BCUT2D eigenvalue weighted by Crippen LogP contribution is -2.59. The molecule has 1 N–H and O–H groups in total. The third-order valence-corrected chi connectivity index (χ3v) is 12.1. The number of carbonyl (C=O) groups is 1. The van der Waals surface area contributed by atoms with Gasteiger partial charge in [0, 0.05) is 43.0 Å². The summed E-state index contributed by atoms with van der Waals surface area (Å²) >= 11 is 6.91. The lowest BCUT2D eigenvalue weighted by atomic mass is 9.73. The molecule has 2 aliphatic carbocycles. The Morgan fingerprint density at radius 2 is 1.37 bits per heavy atom. The number of nitrogens with one attached hydrogen (secondary N) is 1. The maximum Gasteiger partial charge on any atom is 0.242 e. The molecule has 6 heteroatoms. The Balaban J connectivity index is 1.20. The van der Waals surface area contributed by atoms with E-state index in [0.29, 0.717) is 23.9 Å². The summed E-state index contributed by atoms with van der Waals surface area (Å²) in [5, 5.41) is 0.224. The normalized spacial score (nSPS) is 33.4. The summed E-state index contributed by atoms with van der Waals surface area (Å²) in [7, 11) is 0. The number of hydrogen-bond donors (Lipinski definition) is 1. The highest BCUT2D eigenvalue weighted by molar-refractivity contribution is 6.20. The van der Waals surface area contributed by atoms with Gasteiger partial charge in [0.15, 0.2) is 0 Å². The maximum atomic E-state index is 14.2. The van der Waals surface area contributed by atoms with Crippen LogP contribution in [0.3, 0.4) is 0 Å². The first kappa shape index (κ1) is 31.8. The predicted octanol–water partition coefficient (Wildman–Crippen LogP) is 7.90. The van der Waals surface area contributed by atoms with Crippen LogP contribution < -0.4 is 5.48 Å². The Labute approximate surface area is 266 Å². The molecule has 0 bridgehead atoms. The van der Waals surface area contributed by atoms with Gasteiger partial charge in [-0.2, -0.15) is 5.48 Å². The molecule has 5 atom stereocenters. The van der Waals surface area contributed by atoms with Crippen molar-refractivity contribution in [3.8, 4) is 0 Å². The molecule has 0 spiro atoms. The van der Waals surface area contributed by atoms with Crippen LogP contribution in [0, 0.1) is 17.8 Å². The molecule has 5 unspecified atom stereocenters. The van der Waals surface area contributed by atoms with Gasteiger partial charge < -0.3 is 4.90 Å². The van der Waals surface area contributed by atoms with Crippen molar-refractivity contribution in [3.05, 3.63) is 35.9 Å². The molecule has 6 rings (SSSR count). The van der Waals surface area contributed by atoms with Gasteiger partial charge in [0.05, 0.1) is 6.10 Å². The van der Waals surface area contributed by atoms with Gasteiger partial charge in [-0.1, -0.05) is 120 Å². The number of rotatable bonds is 6. The number of halogens is 1. The molecule has 3 heterocycles. The summed E-state index contributed by atoms with van der Waals surface area (Å²) in [6.07, 6.45) is 24.5. The van der Waals surface area contributed by atoms with Crippen molar-refractivity contribution in [2.24, 2.45) is 17.8 Å². The zero-order valence-corrected chi connectivity index (χ0v) is 27.4. The predicted molar refractivity (Wildman–Crippen MR) is 176 cm³/mol. The van der Waals surface area contributed by atoms with Gasteiger partial charge in [0.25, 0.3) is 0 Å². The van der Waals surface area contributed by atoms with E-state index in [9.17, 15) is 4.79 Å². The largest absolute Gasteiger partial charge is 0.341 e. The average Bonchev–Trinajstić information content (AvgIpc) is 3.52. The van der Waals surface area contributed by atoms with Crippen molar-refractivity contribution >= 4 is 17.5 Å². The van der Waals surface area contributed by atoms with E-state index in [2.05, 4.69) is 45.6 Å². The second kappa shape index (κ2) is 15.9. The number of benzene rings is 1. The van der Waals surface area contributed by atoms with Crippen LogP contribution in [-0.4, -0.2) is 64.9 Å². The molecule has 0 radical (unpaired) electrons. The minimum atomic E-state index is -0.218. The number of nitrogens with zero attached hydrogens (tertiary/aromatic N) is 2. The smallest absolute Gasteiger partial charge is 0.242 e. The number of hydrogen-bond acceptors (Lipinski definition) is 4. The second-order valence-corrected chi connectivity index (χ2v) is 15.4. The van der Waals surface area contributed by atoms with Crippen LogP contribution in [0.5, 0.6) is 0 Å². The van der Waals surface area contributed by atoms with E-state index in [4.69, 9.17) is 16.4 Å². The maximum absolute atomic E-state index is 14.2. The summed E-state index contributed by atoms with van der Waals surface area (Å²) in [4.78, 5) is 25.9. The molecule has 1 amide bonds. The highest BCUT2D eigenvalue weighted by Crippen LogP contribution is 2.42. The molecule has 0 aromatic heterocycles. The Hall–Kier alpha value is -1.14. The van der Waals surface area contributed by atoms with E-state index in [-0.39, 0.29) is 29.3 Å². The van der Waals surface area contributed by atoms with Crippen molar-refractivity contribution in [1.82, 2.24) is 15.3 Å². The van der Waals surface area contributed by atoms with Gasteiger partial charge in [0.1, 0.15) is 6.04 Å². The van der Waals surface area contributed by atoms with Crippen LogP contribution in [0.25, 0.3) is 0 Å². The molecule has 5 nitrogen and oxygen atoms in total. The van der Waals surface area contributed by atoms with Crippen LogP contribution in [0.15, 0.2) is 30.3 Å². The Kier molecular flexibility index (Phi) is 11.8. The minimum absolute atomic E-state index is 0.0675. The monoisotopic (exact) mass is 611 g/mol. The van der Waals surface area contributed by atoms with Gasteiger partial charge in [-0.05, 0) is 49.5 Å². The van der Waals surface area contributed by atoms with Crippen LogP contribution >= 0.6 is 11.6 Å². The van der Waals surface area contributed by atoms with Crippen molar-refractivity contribution in [2.45, 2.75) is 152 Å². The van der Waals surface area contributed by atoms with Crippen LogP contribution in [0.4, 0.5) is 0 Å². The molecule has 3 saturated heterocycles. The van der Waals surface area contributed by atoms with E-state index >= 15 is 0 Å². The van der Waals surface area contributed by atoms with Crippen LogP contribution in [-0.2, 0) is 16.1 Å². The van der Waals surface area contributed by atoms with E-state index in [1.807, 2.05) is 0 Å². The Morgan fingerprint density at radius 3 is 2.02 bits per heavy atom. The standard InChI is InChI=1S/C37H58ClN3O2/c38-31-22-23-33(41(27-31)32-20-14-7-3-4-8-15-21-32)36-34(30-18-12-5-1-2-6-13-19-30)35(39-43-36)37(42)40-25-29(26-40)24-28-16-10-9-11-17-28/h9-11,16-17,29-36,39H,1-8,12-15,18-27H2.